The van der Waals surface area contributed by atoms with Crippen molar-refractivity contribution in [2.24, 2.45) is 11.8 Å². The van der Waals surface area contributed by atoms with Gasteiger partial charge in [-0.15, -0.1) is 0 Å². The minimum Gasteiger partial charge on any atom is -0.441 e. The van der Waals surface area contributed by atoms with Crippen LogP contribution in [-0.4, -0.2) is 22.0 Å². The van der Waals surface area contributed by atoms with Crippen molar-refractivity contribution in [2.75, 3.05) is 0 Å². The molecule has 4 rings (SSSR count). The number of aldehydes is 1. The molecule has 0 atom stereocenters. The minimum absolute atomic E-state index is 0.0576. The molecule has 0 N–H and O–H groups in total. The van der Waals surface area contributed by atoms with E-state index in [0.29, 0.717) is 12.3 Å². The lowest BCUT2D eigenvalue weighted by Gasteiger charge is -2.24. The Kier molecular flexibility index (Phi) is 4.84. The molecule has 0 amide bonds. The first-order chi connectivity index (χ1) is 13.1. The maximum Gasteiger partial charge on any atom is 0.191 e. The summed E-state index contributed by atoms with van der Waals surface area (Å²) in [6.45, 7) is 1.82. The first kappa shape index (κ1) is 17.6. The van der Waals surface area contributed by atoms with Gasteiger partial charge in [0.15, 0.2) is 11.7 Å². The molecule has 2 aromatic heterocycles. The maximum atomic E-state index is 12.6. The Balaban J connectivity index is 1.52. The summed E-state index contributed by atoms with van der Waals surface area (Å²) in [4.78, 5) is 32.1. The molecule has 3 aromatic rings. The molecule has 0 spiro atoms. The zero-order chi connectivity index (χ0) is 18.8. The van der Waals surface area contributed by atoms with Crippen LogP contribution in [0, 0.1) is 18.8 Å². The highest BCUT2D eigenvalue weighted by Gasteiger charge is 2.26. The molecule has 0 aliphatic heterocycles. The van der Waals surface area contributed by atoms with Gasteiger partial charge in [-0.3, -0.25) is 9.78 Å². The molecule has 2 heterocycles. The first-order valence-electron chi connectivity index (χ1n) is 9.42. The molecule has 1 fully saturated rings. The molecule has 0 radical (unpaired) electrons. The van der Waals surface area contributed by atoms with E-state index in [2.05, 4.69) is 9.97 Å². The van der Waals surface area contributed by atoms with Crippen molar-refractivity contribution in [3.8, 4) is 11.3 Å². The molecule has 1 aliphatic rings. The highest BCUT2D eigenvalue weighted by molar-refractivity contribution is 5.88. The van der Waals surface area contributed by atoms with E-state index in [0.717, 1.165) is 59.8 Å². The Hall–Kier alpha value is -2.82. The van der Waals surface area contributed by atoms with Gasteiger partial charge in [0.1, 0.15) is 12.1 Å². The zero-order valence-corrected chi connectivity index (χ0v) is 15.4. The van der Waals surface area contributed by atoms with Crippen LogP contribution >= 0.6 is 0 Å². The minimum atomic E-state index is 0.0576. The van der Waals surface area contributed by atoms with E-state index in [-0.39, 0.29) is 17.6 Å². The van der Waals surface area contributed by atoms with Crippen molar-refractivity contribution in [3.63, 3.8) is 0 Å². The fourth-order valence-electron chi connectivity index (χ4n) is 3.83. The molecule has 1 saturated carbocycles. The fourth-order valence-corrected chi connectivity index (χ4v) is 3.83. The van der Waals surface area contributed by atoms with Crippen LogP contribution in [0.2, 0.25) is 0 Å². The number of aryl methyl sites for hydroxylation is 1. The third-order valence-corrected chi connectivity index (χ3v) is 5.46. The van der Waals surface area contributed by atoms with Gasteiger partial charge >= 0.3 is 0 Å². The molecule has 5 nitrogen and oxygen atoms in total. The monoisotopic (exact) mass is 362 g/mol. The summed E-state index contributed by atoms with van der Waals surface area (Å²) in [5.41, 5.74) is 1.75. The summed E-state index contributed by atoms with van der Waals surface area (Å²) < 4.78 is 5.60. The normalized spacial score (nSPS) is 19.9. The van der Waals surface area contributed by atoms with Crippen molar-refractivity contribution in [1.29, 1.82) is 0 Å². The van der Waals surface area contributed by atoms with Gasteiger partial charge in [0, 0.05) is 48.0 Å². The number of pyridine rings is 1. The van der Waals surface area contributed by atoms with Crippen molar-refractivity contribution >= 4 is 22.8 Å². The van der Waals surface area contributed by atoms with Crippen molar-refractivity contribution in [2.45, 2.75) is 39.0 Å². The second-order valence-electron chi connectivity index (χ2n) is 7.37. The number of nitrogens with zero attached hydrogens (tertiary/aromatic N) is 2. The van der Waals surface area contributed by atoms with Gasteiger partial charge in [0.25, 0.3) is 0 Å². The quantitative estimate of drug-likeness (QED) is 0.632. The number of hydrogen-bond acceptors (Lipinski definition) is 5. The standard InChI is InChI=1S/C22H22N2O3/c1-14-23-12-22(27-14)17-6-7-18-11-24-20(9-19(18)8-17)10-21(26)16-4-2-15(13-25)3-5-16/h6-9,11-13,15-16H,2-5,10H2,1H3. The maximum absolute atomic E-state index is 12.6. The molecule has 0 unspecified atom stereocenters. The second kappa shape index (κ2) is 7.43. The number of aromatic nitrogens is 2. The topological polar surface area (TPSA) is 73.1 Å². The average molecular weight is 362 g/mol. The van der Waals surface area contributed by atoms with Crippen LogP contribution in [0.15, 0.2) is 41.1 Å². The summed E-state index contributed by atoms with van der Waals surface area (Å²) in [5.74, 6) is 1.78. The number of hydrogen-bond donors (Lipinski definition) is 0. The number of benzene rings is 1. The van der Waals surface area contributed by atoms with Gasteiger partial charge in [-0.05, 0) is 43.2 Å². The highest BCUT2D eigenvalue weighted by Crippen LogP contribution is 2.29. The number of Topliss-reactive ketones (excluding diaryl/α,β-unsaturated/α-hetero) is 1. The van der Waals surface area contributed by atoms with Gasteiger partial charge in [0.2, 0.25) is 0 Å². The number of ketones is 1. The van der Waals surface area contributed by atoms with Gasteiger partial charge in [-0.25, -0.2) is 4.98 Å². The lowest BCUT2D eigenvalue weighted by atomic mass is 9.80. The Bertz CT molecular complexity index is 984. The van der Waals surface area contributed by atoms with E-state index >= 15 is 0 Å². The van der Waals surface area contributed by atoms with Crippen LogP contribution in [0.5, 0.6) is 0 Å². The van der Waals surface area contributed by atoms with E-state index < -0.39 is 0 Å². The largest absolute Gasteiger partial charge is 0.441 e. The SMILES string of the molecule is Cc1ncc(-c2ccc3cnc(CC(=O)C4CCC(C=O)CC4)cc3c2)o1. The third kappa shape index (κ3) is 3.82. The van der Waals surface area contributed by atoms with Crippen LogP contribution in [0.25, 0.3) is 22.1 Å². The Morgan fingerprint density at radius 2 is 1.93 bits per heavy atom. The summed E-state index contributed by atoms with van der Waals surface area (Å²) in [6.07, 6.45) is 8.18. The van der Waals surface area contributed by atoms with Crippen molar-refractivity contribution in [1.82, 2.24) is 9.97 Å². The molecule has 138 valence electrons. The average Bonchev–Trinajstić information content (AvgIpc) is 3.14. The van der Waals surface area contributed by atoms with Crippen LogP contribution in [-0.2, 0) is 16.0 Å². The summed E-state index contributed by atoms with van der Waals surface area (Å²) in [5, 5.41) is 2.06. The molecule has 1 aromatic carbocycles. The number of carbonyl (C=O) groups excluding carboxylic acids is 2. The zero-order valence-electron chi connectivity index (χ0n) is 15.4. The van der Waals surface area contributed by atoms with Crippen LogP contribution in [0.3, 0.4) is 0 Å². The van der Waals surface area contributed by atoms with E-state index in [4.69, 9.17) is 4.42 Å². The third-order valence-electron chi connectivity index (χ3n) is 5.46. The summed E-state index contributed by atoms with van der Waals surface area (Å²) in [6, 6.07) is 8.01. The van der Waals surface area contributed by atoms with E-state index in [1.54, 1.807) is 6.20 Å². The Labute approximate surface area is 157 Å². The number of carbonyl (C=O) groups is 2. The highest BCUT2D eigenvalue weighted by atomic mass is 16.4. The molecule has 1 aliphatic carbocycles. The lowest BCUT2D eigenvalue weighted by Crippen LogP contribution is -2.24. The van der Waals surface area contributed by atoms with Gasteiger partial charge in [-0.2, -0.15) is 0 Å². The molecular formula is C22H22N2O3. The lowest BCUT2D eigenvalue weighted by molar-refractivity contribution is -0.124. The van der Waals surface area contributed by atoms with Gasteiger partial charge in [-0.1, -0.05) is 12.1 Å². The first-order valence-corrected chi connectivity index (χ1v) is 9.42. The van der Waals surface area contributed by atoms with Crippen molar-refractivity contribution in [3.05, 3.63) is 48.2 Å². The number of fused-ring (bicyclic) bond motifs is 1. The summed E-state index contributed by atoms with van der Waals surface area (Å²) in [7, 11) is 0. The molecule has 27 heavy (non-hydrogen) atoms. The Morgan fingerprint density at radius 3 is 2.63 bits per heavy atom. The van der Waals surface area contributed by atoms with E-state index in [1.807, 2.05) is 37.4 Å². The van der Waals surface area contributed by atoms with Gasteiger partial charge < -0.3 is 9.21 Å². The van der Waals surface area contributed by atoms with Crippen LogP contribution in [0.4, 0.5) is 0 Å². The Morgan fingerprint density at radius 1 is 1.11 bits per heavy atom. The smallest absolute Gasteiger partial charge is 0.191 e. The predicted octanol–water partition coefficient (Wildman–Crippen LogP) is 4.32. The number of oxazole rings is 1. The van der Waals surface area contributed by atoms with E-state index in [1.165, 1.54) is 0 Å². The molecule has 0 saturated heterocycles. The molecular weight excluding hydrogens is 340 g/mol. The van der Waals surface area contributed by atoms with Crippen LogP contribution in [0.1, 0.15) is 37.3 Å². The molecule has 5 heteroatoms. The predicted molar refractivity (Wildman–Crippen MR) is 102 cm³/mol. The summed E-state index contributed by atoms with van der Waals surface area (Å²) >= 11 is 0. The number of rotatable bonds is 5. The van der Waals surface area contributed by atoms with Gasteiger partial charge in [0.05, 0.1) is 6.20 Å². The van der Waals surface area contributed by atoms with Crippen molar-refractivity contribution < 1.29 is 14.0 Å². The van der Waals surface area contributed by atoms with Crippen LogP contribution < -0.4 is 0 Å². The van der Waals surface area contributed by atoms with E-state index in [9.17, 15) is 9.59 Å². The molecule has 0 bridgehead atoms. The fraction of sp³-hybridized carbons (Fsp3) is 0.364. The second-order valence-corrected chi connectivity index (χ2v) is 7.37.